The molecule has 2 N–H and O–H groups in total. The zero-order valence-electron chi connectivity index (χ0n) is 9.45. The van der Waals surface area contributed by atoms with E-state index in [1.807, 2.05) is 0 Å². The van der Waals surface area contributed by atoms with Crippen LogP contribution in [0.4, 0.5) is 18.9 Å². The van der Waals surface area contributed by atoms with Crippen molar-refractivity contribution in [3.8, 4) is 5.75 Å². The predicted octanol–water partition coefficient (Wildman–Crippen LogP) is 3.06. The summed E-state index contributed by atoms with van der Waals surface area (Å²) < 4.78 is 39.4. The first-order valence-corrected chi connectivity index (χ1v) is 5.22. The van der Waals surface area contributed by atoms with Gasteiger partial charge in [0.1, 0.15) is 28.8 Å². The average molecular weight is 267 g/mol. The first-order valence-electron chi connectivity index (χ1n) is 5.22. The molecule has 0 atom stereocenters. The number of nitrogens with one attached hydrogen (secondary N) is 1. The Bertz CT molecular complexity index is 621. The van der Waals surface area contributed by atoms with Crippen molar-refractivity contribution in [1.29, 1.82) is 0 Å². The maximum Gasteiger partial charge on any atom is 0.261 e. The maximum absolute atomic E-state index is 13.4. The molecular formula is C13H8F3NO2. The third-order valence-corrected chi connectivity index (χ3v) is 2.34. The molecule has 0 heterocycles. The lowest BCUT2D eigenvalue weighted by Gasteiger charge is -2.07. The summed E-state index contributed by atoms with van der Waals surface area (Å²) in [7, 11) is 0. The summed E-state index contributed by atoms with van der Waals surface area (Å²) in [5.74, 6) is -4.88. The maximum atomic E-state index is 13.4. The number of rotatable bonds is 2. The van der Waals surface area contributed by atoms with Crippen LogP contribution in [0.15, 0.2) is 36.4 Å². The average Bonchev–Trinajstić information content (AvgIpc) is 2.27. The van der Waals surface area contributed by atoms with Crippen LogP contribution in [0.25, 0.3) is 0 Å². The van der Waals surface area contributed by atoms with E-state index < -0.39 is 28.9 Å². The van der Waals surface area contributed by atoms with Gasteiger partial charge in [0.25, 0.3) is 5.91 Å². The molecule has 98 valence electrons. The van der Waals surface area contributed by atoms with Crippen molar-refractivity contribution in [1.82, 2.24) is 0 Å². The molecule has 0 saturated carbocycles. The first-order chi connectivity index (χ1) is 8.97. The second-order valence-electron chi connectivity index (χ2n) is 3.75. The molecule has 2 aromatic rings. The molecule has 0 fully saturated rings. The van der Waals surface area contributed by atoms with Crippen LogP contribution in [0.5, 0.6) is 5.75 Å². The lowest BCUT2D eigenvalue weighted by molar-refractivity contribution is 0.101. The quantitative estimate of drug-likeness (QED) is 0.878. The van der Waals surface area contributed by atoms with E-state index in [0.717, 1.165) is 0 Å². The molecule has 0 aliphatic heterocycles. The molecule has 3 nitrogen and oxygen atoms in total. The summed E-state index contributed by atoms with van der Waals surface area (Å²) in [6.07, 6.45) is 0. The van der Waals surface area contributed by atoms with Crippen LogP contribution < -0.4 is 5.32 Å². The number of hydrogen-bond acceptors (Lipinski definition) is 2. The highest BCUT2D eigenvalue weighted by atomic mass is 19.1. The van der Waals surface area contributed by atoms with E-state index in [2.05, 4.69) is 5.32 Å². The van der Waals surface area contributed by atoms with Gasteiger partial charge in [-0.25, -0.2) is 13.2 Å². The Kier molecular flexibility index (Phi) is 3.41. The van der Waals surface area contributed by atoms with Crippen molar-refractivity contribution in [2.45, 2.75) is 0 Å². The summed E-state index contributed by atoms with van der Waals surface area (Å²) in [6.45, 7) is 0. The number of hydrogen-bond donors (Lipinski definition) is 2. The van der Waals surface area contributed by atoms with Gasteiger partial charge in [-0.1, -0.05) is 6.07 Å². The number of anilines is 1. The third-order valence-electron chi connectivity index (χ3n) is 2.34. The van der Waals surface area contributed by atoms with Gasteiger partial charge in [-0.3, -0.25) is 4.79 Å². The van der Waals surface area contributed by atoms with Gasteiger partial charge < -0.3 is 10.4 Å². The van der Waals surface area contributed by atoms with Gasteiger partial charge in [0.05, 0.1) is 0 Å². The lowest BCUT2D eigenvalue weighted by Crippen LogP contribution is -2.16. The minimum Gasteiger partial charge on any atom is -0.508 e. The molecule has 2 rings (SSSR count). The normalized spacial score (nSPS) is 10.3. The van der Waals surface area contributed by atoms with E-state index in [1.165, 1.54) is 24.3 Å². The zero-order valence-corrected chi connectivity index (χ0v) is 9.45. The minimum absolute atomic E-state index is 0.113. The van der Waals surface area contributed by atoms with E-state index in [9.17, 15) is 23.1 Å². The predicted molar refractivity (Wildman–Crippen MR) is 62.4 cm³/mol. The topological polar surface area (TPSA) is 49.3 Å². The molecule has 6 heteroatoms. The molecule has 0 bridgehead atoms. The molecule has 2 aromatic carbocycles. The smallest absolute Gasteiger partial charge is 0.261 e. The number of benzene rings is 2. The Morgan fingerprint density at radius 2 is 1.68 bits per heavy atom. The van der Waals surface area contributed by atoms with E-state index >= 15 is 0 Å². The van der Waals surface area contributed by atoms with Gasteiger partial charge in [-0.05, 0) is 12.1 Å². The van der Waals surface area contributed by atoms with Crippen molar-refractivity contribution in [3.63, 3.8) is 0 Å². The van der Waals surface area contributed by atoms with Crippen LogP contribution in [-0.4, -0.2) is 11.0 Å². The Balaban J connectivity index is 2.31. The van der Waals surface area contributed by atoms with Crippen molar-refractivity contribution in [2.75, 3.05) is 5.32 Å². The minimum atomic E-state index is -1.30. The second-order valence-corrected chi connectivity index (χ2v) is 3.75. The van der Waals surface area contributed by atoms with Crippen LogP contribution in [0, 0.1) is 17.5 Å². The summed E-state index contributed by atoms with van der Waals surface area (Å²) in [5, 5.41) is 11.4. The van der Waals surface area contributed by atoms with Gasteiger partial charge in [-0.2, -0.15) is 0 Å². The van der Waals surface area contributed by atoms with Crippen LogP contribution in [-0.2, 0) is 0 Å². The molecule has 0 aliphatic carbocycles. The monoisotopic (exact) mass is 267 g/mol. The van der Waals surface area contributed by atoms with Crippen LogP contribution in [0.2, 0.25) is 0 Å². The van der Waals surface area contributed by atoms with E-state index in [0.29, 0.717) is 12.1 Å². The van der Waals surface area contributed by atoms with E-state index in [1.54, 1.807) is 0 Å². The molecule has 0 spiro atoms. The first kappa shape index (κ1) is 12.9. The van der Waals surface area contributed by atoms with Gasteiger partial charge in [-0.15, -0.1) is 0 Å². The van der Waals surface area contributed by atoms with Crippen molar-refractivity contribution in [2.24, 2.45) is 0 Å². The molecule has 0 radical (unpaired) electrons. The molecule has 0 unspecified atom stereocenters. The Morgan fingerprint density at radius 1 is 1.05 bits per heavy atom. The van der Waals surface area contributed by atoms with Crippen LogP contribution in [0.3, 0.4) is 0 Å². The van der Waals surface area contributed by atoms with Crippen molar-refractivity contribution in [3.05, 3.63) is 59.4 Å². The standard InChI is InChI=1S/C13H8F3NO2/c14-7-4-10(15)12(11(16)5-7)13(19)17-8-2-1-3-9(18)6-8/h1-6,18H,(H,17,19). The molecule has 1 amide bonds. The van der Waals surface area contributed by atoms with Crippen LogP contribution >= 0.6 is 0 Å². The Morgan fingerprint density at radius 3 is 2.26 bits per heavy atom. The number of carbonyl (C=O) groups excluding carboxylic acids is 1. The van der Waals surface area contributed by atoms with Gasteiger partial charge in [0.15, 0.2) is 0 Å². The summed E-state index contributed by atoms with van der Waals surface area (Å²) in [4.78, 5) is 11.7. The highest BCUT2D eigenvalue weighted by Crippen LogP contribution is 2.19. The zero-order chi connectivity index (χ0) is 14.0. The lowest BCUT2D eigenvalue weighted by atomic mass is 10.1. The molecule has 0 saturated heterocycles. The van der Waals surface area contributed by atoms with Gasteiger partial charge in [0, 0.05) is 23.9 Å². The highest BCUT2D eigenvalue weighted by molar-refractivity contribution is 6.04. The fourth-order valence-corrected chi connectivity index (χ4v) is 1.54. The number of amides is 1. The van der Waals surface area contributed by atoms with Gasteiger partial charge in [0.2, 0.25) is 0 Å². The summed E-state index contributed by atoms with van der Waals surface area (Å²) in [6, 6.07) is 6.28. The van der Waals surface area contributed by atoms with E-state index in [-0.39, 0.29) is 11.4 Å². The van der Waals surface area contributed by atoms with Crippen LogP contribution in [0.1, 0.15) is 10.4 Å². The SMILES string of the molecule is O=C(Nc1cccc(O)c1)c1c(F)cc(F)cc1F. The molecule has 0 aliphatic rings. The number of phenols is 1. The largest absolute Gasteiger partial charge is 0.508 e. The fourth-order valence-electron chi connectivity index (χ4n) is 1.54. The fraction of sp³-hybridized carbons (Fsp3) is 0. The van der Waals surface area contributed by atoms with Crippen molar-refractivity contribution < 1.29 is 23.1 Å². The second kappa shape index (κ2) is 5.01. The molecule has 0 aromatic heterocycles. The number of carbonyl (C=O) groups is 1. The van der Waals surface area contributed by atoms with E-state index in [4.69, 9.17) is 0 Å². The highest BCUT2D eigenvalue weighted by Gasteiger charge is 2.19. The molecule has 19 heavy (non-hydrogen) atoms. The number of phenolic OH excluding ortho intramolecular Hbond substituents is 1. The van der Waals surface area contributed by atoms with Crippen molar-refractivity contribution >= 4 is 11.6 Å². The summed E-state index contributed by atoms with van der Waals surface area (Å²) >= 11 is 0. The third kappa shape index (κ3) is 2.85. The summed E-state index contributed by atoms with van der Waals surface area (Å²) in [5.41, 5.74) is -0.724. The Hall–Kier alpha value is -2.50. The Labute approximate surface area is 106 Å². The number of halogens is 3. The number of aromatic hydroxyl groups is 1. The molecular weight excluding hydrogens is 259 g/mol. The van der Waals surface area contributed by atoms with Gasteiger partial charge >= 0.3 is 0 Å².